The van der Waals surface area contributed by atoms with Gasteiger partial charge in [-0.3, -0.25) is 9.89 Å². The molecular weight excluding hydrogens is 252 g/mol. The van der Waals surface area contributed by atoms with E-state index in [4.69, 9.17) is 0 Å². The summed E-state index contributed by atoms with van der Waals surface area (Å²) in [6.07, 6.45) is 2.21. The fourth-order valence-corrected chi connectivity index (χ4v) is 1.92. The summed E-state index contributed by atoms with van der Waals surface area (Å²) in [6.45, 7) is 5.93. The van der Waals surface area contributed by atoms with Crippen LogP contribution < -0.4 is 10.6 Å². The van der Waals surface area contributed by atoms with Gasteiger partial charge in [-0.1, -0.05) is 13.0 Å². The third kappa shape index (κ3) is 3.38. The van der Waals surface area contributed by atoms with Gasteiger partial charge in [0.2, 0.25) is 5.91 Å². The van der Waals surface area contributed by atoms with E-state index in [2.05, 4.69) is 27.8 Å². The second-order valence-corrected chi connectivity index (χ2v) is 4.81. The molecule has 1 amide bonds. The van der Waals surface area contributed by atoms with Crippen LogP contribution in [-0.4, -0.2) is 16.1 Å². The highest BCUT2D eigenvalue weighted by Crippen LogP contribution is 2.24. The van der Waals surface area contributed by atoms with Crippen LogP contribution >= 0.6 is 0 Å². The number of amides is 1. The molecule has 1 atom stereocenters. The molecule has 1 heterocycles. The van der Waals surface area contributed by atoms with Crippen LogP contribution in [0.5, 0.6) is 0 Å². The van der Waals surface area contributed by atoms with Gasteiger partial charge in [-0.2, -0.15) is 5.10 Å². The van der Waals surface area contributed by atoms with Crippen LogP contribution in [0.15, 0.2) is 30.5 Å². The molecular formula is C15H20N4O. The average molecular weight is 272 g/mol. The molecule has 20 heavy (non-hydrogen) atoms. The maximum atomic E-state index is 11.4. The van der Waals surface area contributed by atoms with E-state index in [-0.39, 0.29) is 11.9 Å². The van der Waals surface area contributed by atoms with Crippen LogP contribution in [0.25, 0.3) is 0 Å². The molecule has 5 heteroatoms. The number of nitrogens with zero attached hydrogens (tertiary/aromatic N) is 1. The van der Waals surface area contributed by atoms with Gasteiger partial charge in [-0.05, 0) is 37.6 Å². The topological polar surface area (TPSA) is 69.8 Å². The number of aromatic amines is 1. The number of rotatable bonds is 5. The van der Waals surface area contributed by atoms with Crippen molar-refractivity contribution < 1.29 is 4.79 Å². The summed E-state index contributed by atoms with van der Waals surface area (Å²) >= 11 is 0. The maximum absolute atomic E-state index is 11.4. The molecule has 0 fully saturated rings. The SMILES string of the molecule is CCC(=O)Nc1ccc(C)c(NC(C)c2ccn[nH]2)c1. The molecule has 1 aromatic carbocycles. The predicted molar refractivity (Wildman–Crippen MR) is 80.7 cm³/mol. The molecule has 2 aromatic rings. The monoisotopic (exact) mass is 272 g/mol. The van der Waals surface area contributed by atoms with Crippen LogP contribution in [-0.2, 0) is 4.79 Å². The Hall–Kier alpha value is -2.30. The molecule has 106 valence electrons. The zero-order valence-electron chi connectivity index (χ0n) is 12.0. The van der Waals surface area contributed by atoms with Gasteiger partial charge in [0.25, 0.3) is 0 Å². The molecule has 3 N–H and O–H groups in total. The van der Waals surface area contributed by atoms with Gasteiger partial charge in [0.1, 0.15) is 0 Å². The van der Waals surface area contributed by atoms with Gasteiger partial charge >= 0.3 is 0 Å². The van der Waals surface area contributed by atoms with Gasteiger partial charge in [0.15, 0.2) is 0 Å². The van der Waals surface area contributed by atoms with Crippen molar-refractivity contribution >= 4 is 17.3 Å². The molecule has 1 unspecified atom stereocenters. The Morgan fingerprint density at radius 2 is 2.20 bits per heavy atom. The molecule has 0 radical (unpaired) electrons. The Bertz CT molecular complexity index is 578. The highest BCUT2D eigenvalue weighted by Gasteiger charge is 2.09. The highest BCUT2D eigenvalue weighted by atomic mass is 16.1. The molecule has 0 spiro atoms. The van der Waals surface area contributed by atoms with Crippen molar-refractivity contribution in [2.24, 2.45) is 0 Å². The van der Waals surface area contributed by atoms with Gasteiger partial charge < -0.3 is 10.6 Å². The first-order valence-electron chi connectivity index (χ1n) is 6.76. The highest BCUT2D eigenvalue weighted by molar-refractivity contribution is 5.91. The third-order valence-electron chi connectivity index (χ3n) is 3.20. The van der Waals surface area contributed by atoms with E-state index in [0.717, 1.165) is 22.6 Å². The third-order valence-corrected chi connectivity index (χ3v) is 3.20. The zero-order valence-corrected chi connectivity index (χ0v) is 12.0. The number of carbonyl (C=O) groups is 1. The fourth-order valence-electron chi connectivity index (χ4n) is 1.92. The second-order valence-electron chi connectivity index (χ2n) is 4.81. The number of aromatic nitrogens is 2. The van der Waals surface area contributed by atoms with Crippen LogP contribution in [0, 0.1) is 6.92 Å². The smallest absolute Gasteiger partial charge is 0.224 e. The van der Waals surface area contributed by atoms with Crippen molar-refractivity contribution in [1.29, 1.82) is 0 Å². The number of nitrogens with one attached hydrogen (secondary N) is 3. The minimum atomic E-state index is 0.0152. The van der Waals surface area contributed by atoms with Crippen LogP contribution in [0.1, 0.15) is 37.6 Å². The van der Waals surface area contributed by atoms with E-state index in [1.807, 2.05) is 38.1 Å². The summed E-state index contributed by atoms with van der Waals surface area (Å²) in [5, 5.41) is 13.2. The molecule has 0 aliphatic carbocycles. The summed E-state index contributed by atoms with van der Waals surface area (Å²) < 4.78 is 0. The van der Waals surface area contributed by atoms with E-state index in [1.165, 1.54) is 0 Å². The van der Waals surface area contributed by atoms with Gasteiger partial charge in [0, 0.05) is 24.0 Å². The molecule has 0 bridgehead atoms. The number of carbonyl (C=O) groups excluding carboxylic acids is 1. The summed E-state index contributed by atoms with van der Waals surface area (Å²) in [6, 6.07) is 7.92. The largest absolute Gasteiger partial charge is 0.377 e. The Morgan fingerprint density at radius 1 is 1.40 bits per heavy atom. The average Bonchev–Trinajstić information content (AvgIpc) is 2.96. The number of aryl methyl sites for hydroxylation is 1. The van der Waals surface area contributed by atoms with Crippen LogP contribution in [0.3, 0.4) is 0 Å². The molecule has 0 aliphatic rings. The van der Waals surface area contributed by atoms with E-state index >= 15 is 0 Å². The summed E-state index contributed by atoms with van der Waals surface area (Å²) in [4.78, 5) is 11.4. The molecule has 0 saturated heterocycles. The normalized spacial score (nSPS) is 11.9. The summed E-state index contributed by atoms with van der Waals surface area (Å²) in [5.41, 5.74) is 3.96. The summed E-state index contributed by atoms with van der Waals surface area (Å²) in [5.74, 6) is 0.0152. The number of H-pyrrole nitrogens is 1. The predicted octanol–water partition coefficient (Wildman–Crippen LogP) is 3.24. The van der Waals surface area contributed by atoms with Crippen molar-refractivity contribution in [3.63, 3.8) is 0 Å². The van der Waals surface area contributed by atoms with Crippen LogP contribution in [0.2, 0.25) is 0 Å². The Morgan fingerprint density at radius 3 is 2.85 bits per heavy atom. The minimum absolute atomic E-state index is 0.0152. The van der Waals surface area contributed by atoms with Crippen molar-refractivity contribution in [2.45, 2.75) is 33.2 Å². The van der Waals surface area contributed by atoms with E-state index in [0.29, 0.717) is 6.42 Å². The molecule has 5 nitrogen and oxygen atoms in total. The Kier molecular flexibility index (Phi) is 4.40. The number of hydrogen-bond acceptors (Lipinski definition) is 3. The minimum Gasteiger partial charge on any atom is -0.377 e. The number of anilines is 2. The number of benzene rings is 1. The lowest BCUT2D eigenvalue weighted by atomic mass is 10.1. The van der Waals surface area contributed by atoms with E-state index in [9.17, 15) is 4.79 Å². The zero-order chi connectivity index (χ0) is 14.5. The quantitative estimate of drug-likeness (QED) is 0.782. The van der Waals surface area contributed by atoms with Gasteiger partial charge in [-0.25, -0.2) is 0 Å². The second kappa shape index (κ2) is 6.23. The number of hydrogen-bond donors (Lipinski definition) is 3. The summed E-state index contributed by atoms with van der Waals surface area (Å²) in [7, 11) is 0. The van der Waals surface area contributed by atoms with Crippen molar-refractivity contribution in [1.82, 2.24) is 10.2 Å². The molecule has 0 saturated carbocycles. The first kappa shape index (κ1) is 14.1. The standard InChI is InChI=1S/C15H20N4O/c1-4-15(20)18-12-6-5-10(2)14(9-12)17-11(3)13-7-8-16-19-13/h5-9,11,17H,4H2,1-3H3,(H,16,19)(H,18,20). The Labute approximate surface area is 118 Å². The molecule has 0 aliphatic heterocycles. The lowest BCUT2D eigenvalue weighted by molar-refractivity contribution is -0.115. The van der Waals surface area contributed by atoms with E-state index in [1.54, 1.807) is 6.20 Å². The fraction of sp³-hybridized carbons (Fsp3) is 0.333. The Balaban J connectivity index is 2.14. The van der Waals surface area contributed by atoms with Gasteiger partial charge in [-0.15, -0.1) is 0 Å². The lowest BCUT2D eigenvalue weighted by Gasteiger charge is -2.17. The molecule has 1 aromatic heterocycles. The first-order chi connectivity index (χ1) is 9.60. The maximum Gasteiger partial charge on any atom is 0.224 e. The van der Waals surface area contributed by atoms with Crippen molar-refractivity contribution in [3.8, 4) is 0 Å². The van der Waals surface area contributed by atoms with Crippen molar-refractivity contribution in [2.75, 3.05) is 10.6 Å². The van der Waals surface area contributed by atoms with Crippen LogP contribution in [0.4, 0.5) is 11.4 Å². The lowest BCUT2D eigenvalue weighted by Crippen LogP contribution is -2.11. The van der Waals surface area contributed by atoms with Crippen molar-refractivity contribution in [3.05, 3.63) is 41.7 Å². The molecule has 2 rings (SSSR count). The van der Waals surface area contributed by atoms with E-state index < -0.39 is 0 Å². The van der Waals surface area contributed by atoms with Gasteiger partial charge in [0.05, 0.1) is 11.7 Å². The first-order valence-corrected chi connectivity index (χ1v) is 6.76.